The Morgan fingerprint density at radius 1 is 1.13 bits per heavy atom. The molecule has 1 unspecified atom stereocenters. The molecule has 0 saturated carbocycles. The van der Waals surface area contributed by atoms with E-state index in [4.69, 9.17) is 9.47 Å². The molecule has 6 heteroatoms. The van der Waals surface area contributed by atoms with Gasteiger partial charge in [-0.3, -0.25) is 4.79 Å². The molecule has 2 heterocycles. The van der Waals surface area contributed by atoms with E-state index in [0.717, 1.165) is 37.4 Å². The van der Waals surface area contributed by atoms with E-state index in [-0.39, 0.29) is 25.7 Å². The zero-order valence-electron chi connectivity index (χ0n) is 18.2. The van der Waals surface area contributed by atoms with Crippen LogP contribution in [-0.2, 0) is 25.5 Å². The Hall–Kier alpha value is -2.44. The molecular formula is C25H30BNO4. The maximum Gasteiger partial charge on any atom is 0.313 e. The highest BCUT2D eigenvalue weighted by atomic mass is 16.7. The highest BCUT2D eigenvalue weighted by Crippen LogP contribution is 2.38. The monoisotopic (exact) mass is 419 g/mol. The number of hydrogen-bond donors (Lipinski definition) is 0. The summed E-state index contributed by atoms with van der Waals surface area (Å²) in [4.78, 5) is 26.2. The van der Waals surface area contributed by atoms with Crippen LogP contribution in [0.4, 0.5) is 0 Å². The van der Waals surface area contributed by atoms with E-state index in [0.29, 0.717) is 19.6 Å². The number of rotatable bonds is 8. The van der Waals surface area contributed by atoms with E-state index >= 15 is 0 Å². The molecule has 2 aliphatic rings. The lowest BCUT2D eigenvalue weighted by molar-refractivity contribution is -0.179. The van der Waals surface area contributed by atoms with Crippen LogP contribution in [-0.4, -0.2) is 49.9 Å². The van der Waals surface area contributed by atoms with Gasteiger partial charge in [0.1, 0.15) is 6.19 Å². The molecule has 0 spiro atoms. The molecule has 5 nitrogen and oxygen atoms in total. The third kappa shape index (κ3) is 5.08. The van der Waals surface area contributed by atoms with Gasteiger partial charge in [-0.2, -0.15) is 0 Å². The Bertz CT molecular complexity index is 882. The van der Waals surface area contributed by atoms with Crippen LogP contribution < -0.4 is 0 Å². The zero-order valence-corrected chi connectivity index (χ0v) is 18.2. The molecule has 0 bridgehead atoms. The zero-order chi connectivity index (χ0) is 21.7. The highest BCUT2D eigenvalue weighted by Gasteiger charge is 2.48. The normalized spacial score (nSPS) is 26.1. The molecule has 0 aromatic heterocycles. The van der Waals surface area contributed by atoms with Crippen molar-refractivity contribution < 1.29 is 19.1 Å². The molecule has 1 amide bonds. The van der Waals surface area contributed by atoms with Gasteiger partial charge in [-0.05, 0) is 55.7 Å². The molecule has 31 heavy (non-hydrogen) atoms. The van der Waals surface area contributed by atoms with Gasteiger partial charge in [-0.25, -0.2) is 0 Å². The predicted molar refractivity (Wildman–Crippen MR) is 122 cm³/mol. The van der Waals surface area contributed by atoms with Crippen LogP contribution in [0.15, 0.2) is 54.6 Å². The van der Waals surface area contributed by atoms with Gasteiger partial charge in [0.05, 0.1) is 12.0 Å². The molecule has 162 valence electrons. The highest BCUT2D eigenvalue weighted by molar-refractivity contribution is 6.66. The molecule has 0 N–H and O–H groups in total. The van der Waals surface area contributed by atoms with Crippen molar-refractivity contribution in [1.82, 2.24) is 4.81 Å². The van der Waals surface area contributed by atoms with Crippen LogP contribution in [0.5, 0.6) is 0 Å². The number of ether oxygens (including phenoxy) is 2. The molecule has 3 atom stereocenters. The van der Waals surface area contributed by atoms with E-state index in [1.54, 1.807) is 4.81 Å². The van der Waals surface area contributed by atoms with E-state index in [1.165, 1.54) is 11.1 Å². The summed E-state index contributed by atoms with van der Waals surface area (Å²) in [7, 11) is 0.126. The van der Waals surface area contributed by atoms with Crippen molar-refractivity contribution in [2.24, 2.45) is 5.41 Å². The SMILES string of the molecule is C[C@@]1(COC2CCCCO2)C[C@@H](Cc2ccc(-c3ccccc3)cc2)N(BC=O)C1=O. The first-order chi connectivity index (χ1) is 15.1. The summed E-state index contributed by atoms with van der Waals surface area (Å²) in [6.07, 6.45) is 5.03. The smallest absolute Gasteiger partial charge is 0.313 e. The Morgan fingerprint density at radius 3 is 2.55 bits per heavy atom. The molecule has 2 fully saturated rings. The van der Waals surface area contributed by atoms with Gasteiger partial charge in [0.15, 0.2) is 6.29 Å². The topological polar surface area (TPSA) is 55.8 Å². The minimum atomic E-state index is -0.627. The van der Waals surface area contributed by atoms with Crippen LogP contribution >= 0.6 is 0 Å². The molecule has 4 rings (SSSR count). The number of benzene rings is 2. The van der Waals surface area contributed by atoms with Gasteiger partial charge in [-0.1, -0.05) is 54.6 Å². The fourth-order valence-electron chi connectivity index (χ4n) is 4.70. The Kier molecular flexibility index (Phi) is 6.88. The van der Waals surface area contributed by atoms with Crippen molar-refractivity contribution in [3.63, 3.8) is 0 Å². The van der Waals surface area contributed by atoms with Gasteiger partial charge in [-0.15, -0.1) is 0 Å². The molecule has 2 aromatic rings. The second-order valence-electron chi connectivity index (χ2n) is 8.92. The first-order valence-corrected chi connectivity index (χ1v) is 11.2. The predicted octanol–water partition coefficient (Wildman–Crippen LogP) is 3.59. The minimum Gasteiger partial charge on any atom is -0.378 e. The Balaban J connectivity index is 1.43. The fraction of sp³-hybridized carbons (Fsp3) is 0.440. The molecule has 0 aliphatic carbocycles. The fourth-order valence-corrected chi connectivity index (χ4v) is 4.70. The van der Waals surface area contributed by atoms with Gasteiger partial charge >= 0.3 is 7.41 Å². The maximum absolute atomic E-state index is 13.2. The maximum atomic E-state index is 13.2. The van der Waals surface area contributed by atoms with Crippen LogP contribution in [0, 0.1) is 5.41 Å². The Morgan fingerprint density at radius 2 is 1.87 bits per heavy atom. The first-order valence-electron chi connectivity index (χ1n) is 11.2. The van der Waals surface area contributed by atoms with Gasteiger partial charge < -0.3 is 19.1 Å². The number of hydrogen-bond acceptors (Lipinski definition) is 4. The van der Waals surface area contributed by atoms with E-state index in [9.17, 15) is 9.59 Å². The van der Waals surface area contributed by atoms with Crippen LogP contribution in [0.2, 0.25) is 0 Å². The van der Waals surface area contributed by atoms with Crippen LogP contribution in [0.3, 0.4) is 0 Å². The summed E-state index contributed by atoms with van der Waals surface area (Å²) >= 11 is 0. The van der Waals surface area contributed by atoms with Crippen molar-refractivity contribution >= 4 is 19.5 Å². The van der Waals surface area contributed by atoms with Crippen molar-refractivity contribution in [2.45, 2.75) is 51.4 Å². The number of nitrogens with zero attached hydrogens (tertiary/aromatic N) is 1. The largest absolute Gasteiger partial charge is 0.378 e. The first kappa shape index (κ1) is 21.8. The average Bonchev–Trinajstić information content (AvgIpc) is 3.04. The summed E-state index contributed by atoms with van der Waals surface area (Å²) in [5.41, 5.74) is 2.89. The summed E-state index contributed by atoms with van der Waals surface area (Å²) in [5.74, 6) is 0.00122. The van der Waals surface area contributed by atoms with E-state index in [1.807, 2.05) is 25.1 Å². The summed E-state index contributed by atoms with van der Waals surface area (Å²) < 4.78 is 11.6. The van der Waals surface area contributed by atoms with Crippen molar-refractivity contribution in [2.75, 3.05) is 13.2 Å². The van der Waals surface area contributed by atoms with Gasteiger partial charge in [0.25, 0.3) is 0 Å². The van der Waals surface area contributed by atoms with Gasteiger partial charge in [0, 0.05) is 12.6 Å². The lowest BCUT2D eigenvalue weighted by atomic mass is 9.86. The van der Waals surface area contributed by atoms with E-state index in [2.05, 4.69) is 36.4 Å². The third-order valence-corrected chi connectivity index (χ3v) is 6.43. The van der Waals surface area contributed by atoms with E-state index < -0.39 is 5.41 Å². The molecule has 2 aliphatic heterocycles. The van der Waals surface area contributed by atoms with Crippen LogP contribution in [0.1, 0.15) is 38.2 Å². The standard InChI is InChI=1S/C25H30BNO4/c1-25(17-31-23-9-5-6-14-30-23)16-22(27(24(25)29)26-18-28)15-19-10-12-21(13-11-19)20-7-3-2-4-8-20/h2-4,7-8,10-13,18,22-23,26H,5-6,9,14-17H2,1H3/t22-,23?,25+/m1/s1. The second-order valence-corrected chi connectivity index (χ2v) is 8.92. The van der Waals surface area contributed by atoms with Gasteiger partial charge in [0.2, 0.25) is 5.91 Å². The summed E-state index contributed by atoms with van der Waals surface area (Å²) in [5, 5.41) is 0. The lowest BCUT2D eigenvalue weighted by Crippen LogP contribution is -2.42. The summed E-state index contributed by atoms with van der Waals surface area (Å²) in [6, 6.07) is 18.7. The Labute approximate surface area is 185 Å². The third-order valence-electron chi connectivity index (χ3n) is 6.43. The van der Waals surface area contributed by atoms with Crippen molar-refractivity contribution in [1.29, 1.82) is 0 Å². The lowest BCUT2D eigenvalue weighted by Gasteiger charge is -2.28. The molecule has 2 saturated heterocycles. The van der Waals surface area contributed by atoms with Crippen molar-refractivity contribution in [3.05, 3.63) is 60.2 Å². The number of carbonyl (C=O) groups is 2. The van der Waals surface area contributed by atoms with Crippen molar-refractivity contribution in [3.8, 4) is 11.1 Å². The quantitative estimate of drug-likeness (QED) is 0.485. The summed E-state index contributed by atoms with van der Waals surface area (Å²) in [6.45, 7) is 3.00. The minimum absolute atomic E-state index is 0.00122. The molecule has 2 aromatic carbocycles. The second kappa shape index (κ2) is 9.79. The van der Waals surface area contributed by atoms with Crippen LogP contribution in [0.25, 0.3) is 11.1 Å². The molecular weight excluding hydrogens is 389 g/mol. The molecule has 0 radical (unpaired) electrons. The average molecular weight is 419 g/mol. The number of amides is 1. The number of carbonyl (C=O) groups excluding carboxylic acids is 2.